The molecule has 0 aromatic carbocycles. The molecule has 1 heterocycles. The molecule has 1 aliphatic heterocycles. The van der Waals surface area contributed by atoms with Gasteiger partial charge >= 0.3 is 5.97 Å². The summed E-state index contributed by atoms with van der Waals surface area (Å²) in [5, 5.41) is 0. The summed E-state index contributed by atoms with van der Waals surface area (Å²) in [6.45, 7) is 6.31. The van der Waals surface area contributed by atoms with E-state index in [0.717, 1.165) is 12.8 Å². The van der Waals surface area contributed by atoms with Gasteiger partial charge in [-0.05, 0) is 32.6 Å². The van der Waals surface area contributed by atoms with E-state index < -0.39 is 0 Å². The predicted molar refractivity (Wildman–Crippen MR) is 45.5 cm³/mol. The van der Waals surface area contributed by atoms with Crippen LogP contribution in [0.4, 0.5) is 0 Å². The molecule has 2 heteroatoms. The van der Waals surface area contributed by atoms with E-state index in [4.69, 9.17) is 4.74 Å². The summed E-state index contributed by atoms with van der Waals surface area (Å²) < 4.78 is 5.24. The molecule has 2 nitrogen and oxygen atoms in total. The highest BCUT2D eigenvalue weighted by Crippen LogP contribution is 2.53. The van der Waals surface area contributed by atoms with Gasteiger partial charge in [-0.1, -0.05) is 6.92 Å². The lowest BCUT2D eigenvalue weighted by Gasteiger charge is -2.18. The van der Waals surface area contributed by atoms with Crippen molar-refractivity contribution in [1.82, 2.24) is 0 Å². The van der Waals surface area contributed by atoms with Crippen LogP contribution >= 0.6 is 0 Å². The number of carbonyl (C=O) groups is 1. The summed E-state index contributed by atoms with van der Waals surface area (Å²) in [4.78, 5) is 11.5. The molecule has 0 N–H and O–H groups in total. The second-order valence-corrected chi connectivity index (χ2v) is 4.68. The molecule has 12 heavy (non-hydrogen) atoms. The number of ether oxygens (including phenoxy) is 1. The fraction of sp³-hybridized carbons (Fsp3) is 0.900. The van der Waals surface area contributed by atoms with E-state index in [-0.39, 0.29) is 17.5 Å². The van der Waals surface area contributed by atoms with Gasteiger partial charge in [-0.25, -0.2) is 0 Å². The zero-order valence-electron chi connectivity index (χ0n) is 7.96. The van der Waals surface area contributed by atoms with Crippen LogP contribution in [0.2, 0.25) is 0 Å². The molecule has 0 aromatic rings. The second-order valence-electron chi connectivity index (χ2n) is 4.68. The molecule has 1 aliphatic carbocycles. The lowest BCUT2D eigenvalue weighted by molar-refractivity contribution is -0.148. The predicted octanol–water partition coefficient (Wildman–Crippen LogP) is 1.98. The first-order chi connectivity index (χ1) is 5.54. The molecule has 4 atom stereocenters. The smallest absolute Gasteiger partial charge is 0.312 e. The quantitative estimate of drug-likeness (QED) is 0.517. The first-order valence-corrected chi connectivity index (χ1v) is 4.75. The Morgan fingerprint density at radius 3 is 2.75 bits per heavy atom. The summed E-state index contributed by atoms with van der Waals surface area (Å²) in [6.07, 6.45) is 2.32. The van der Waals surface area contributed by atoms with Crippen LogP contribution in [-0.4, -0.2) is 12.1 Å². The first kappa shape index (κ1) is 8.09. The SMILES string of the molecule is CC1CC2C(C)OC(=O)C2(C)C1. The van der Waals surface area contributed by atoms with Gasteiger partial charge in [0.25, 0.3) is 0 Å². The van der Waals surface area contributed by atoms with Crippen LogP contribution in [0.5, 0.6) is 0 Å². The van der Waals surface area contributed by atoms with Crippen LogP contribution in [0, 0.1) is 17.3 Å². The van der Waals surface area contributed by atoms with E-state index >= 15 is 0 Å². The zero-order chi connectivity index (χ0) is 8.93. The van der Waals surface area contributed by atoms with Crippen LogP contribution in [-0.2, 0) is 9.53 Å². The summed E-state index contributed by atoms with van der Waals surface area (Å²) in [5.41, 5.74) is -0.154. The zero-order valence-corrected chi connectivity index (χ0v) is 7.96. The van der Waals surface area contributed by atoms with Crippen molar-refractivity contribution in [1.29, 1.82) is 0 Å². The van der Waals surface area contributed by atoms with E-state index in [0.29, 0.717) is 11.8 Å². The van der Waals surface area contributed by atoms with Crippen LogP contribution in [0.1, 0.15) is 33.6 Å². The number of rotatable bonds is 0. The third-order valence-corrected chi connectivity index (χ3v) is 3.57. The maximum Gasteiger partial charge on any atom is 0.312 e. The third kappa shape index (κ3) is 0.838. The molecular formula is C10H16O2. The van der Waals surface area contributed by atoms with Gasteiger partial charge in [0.15, 0.2) is 0 Å². The molecule has 68 valence electrons. The highest BCUT2D eigenvalue weighted by molar-refractivity contribution is 5.79. The van der Waals surface area contributed by atoms with Gasteiger partial charge in [0.2, 0.25) is 0 Å². The van der Waals surface area contributed by atoms with Crippen molar-refractivity contribution >= 4 is 5.97 Å². The Bertz CT molecular complexity index is 224. The lowest BCUT2D eigenvalue weighted by Crippen LogP contribution is -2.25. The number of hydrogen-bond acceptors (Lipinski definition) is 2. The van der Waals surface area contributed by atoms with E-state index in [2.05, 4.69) is 13.8 Å². The van der Waals surface area contributed by atoms with Gasteiger partial charge in [-0.3, -0.25) is 4.79 Å². The number of cyclic esters (lactones) is 1. The molecule has 2 fully saturated rings. The van der Waals surface area contributed by atoms with Crippen LogP contribution < -0.4 is 0 Å². The molecule has 2 aliphatic rings. The van der Waals surface area contributed by atoms with Crippen molar-refractivity contribution in [2.45, 2.75) is 39.7 Å². The fourth-order valence-electron chi connectivity index (χ4n) is 2.98. The average Bonchev–Trinajstić information content (AvgIpc) is 2.34. The Labute approximate surface area is 73.3 Å². The maximum absolute atomic E-state index is 11.5. The minimum atomic E-state index is -0.154. The van der Waals surface area contributed by atoms with Crippen molar-refractivity contribution in [3.63, 3.8) is 0 Å². The first-order valence-electron chi connectivity index (χ1n) is 4.75. The Morgan fingerprint density at radius 2 is 2.17 bits per heavy atom. The van der Waals surface area contributed by atoms with Gasteiger partial charge < -0.3 is 4.74 Å². The summed E-state index contributed by atoms with van der Waals surface area (Å²) in [5.74, 6) is 1.19. The minimum Gasteiger partial charge on any atom is -0.462 e. The standard InChI is InChI=1S/C10H16O2/c1-6-4-8-7(2)12-9(11)10(8,3)5-6/h6-8H,4-5H2,1-3H3. The molecule has 1 saturated heterocycles. The largest absolute Gasteiger partial charge is 0.462 e. The molecule has 0 aromatic heterocycles. The molecular weight excluding hydrogens is 152 g/mol. The highest BCUT2D eigenvalue weighted by atomic mass is 16.6. The number of hydrogen-bond donors (Lipinski definition) is 0. The minimum absolute atomic E-state index is 0.0318. The van der Waals surface area contributed by atoms with Crippen LogP contribution in [0.15, 0.2) is 0 Å². The van der Waals surface area contributed by atoms with Crippen molar-refractivity contribution in [3.8, 4) is 0 Å². The van der Waals surface area contributed by atoms with E-state index in [1.807, 2.05) is 6.92 Å². The lowest BCUT2D eigenvalue weighted by atomic mass is 9.80. The Balaban J connectivity index is 2.30. The van der Waals surface area contributed by atoms with Crippen molar-refractivity contribution in [3.05, 3.63) is 0 Å². The number of fused-ring (bicyclic) bond motifs is 1. The Hall–Kier alpha value is -0.530. The third-order valence-electron chi connectivity index (χ3n) is 3.57. The van der Waals surface area contributed by atoms with E-state index in [1.165, 1.54) is 0 Å². The molecule has 2 rings (SSSR count). The van der Waals surface area contributed by atoms with Gasteiger partial charge in [-0.2, -0.15) is 0 Å². The van der Waals surface area contributed by atoms with Gasteiger partial charge in [0.05, 0.1) is 5.41 Å². The van der Waals surface area contributed by atoms with Gasteiger partial charge in [-0.15, -0.1) is 0 Å². The monoisotopic (exact) mass is 168 g/mol. The second kappa shape index (κ2) is 2.24. The summed E-state index contributed by atoms with van der Waals surface area (Å²) in [7, 11) is 0. The molecule has 1 saturated carbocycles. The normalized spacial score (nSPS) is 52.2. The molecule has 0 bridgehead atoms. The molecule has 0 amide bonds. The molecule has 0 spiro atoms. The topological polar surface area (TPSA) is 26.3 Å². The van der Waals surface area contributed by atoms with Crippen molar-refractivity contribution in [2.24, 2.45) is 17.3 Å². The molecule has 4 unspecified atom stereocenters. The summed E-state index contributed by atoms with van der Waals surface area (Å²) in [6, 6.07) is 0. The Kier molecular flexibility index (Phi) is 1.51. The highest BCUT2D eigenvalue weighted by Gasteiger charge is 2.56. The van der Waals surface area contributed by atoms with Crippen molar-refractivity contribution < 1.29 is 9.53 Å². The fourth-order valence-corrected chi connectivity index (χ4v) is 2.98. The number of esters is 1. The van der Waals surface area contributed by atoms with Crippen LogP contribution in [0.25, 0.3) is 0 Å². The van der Waals surface area contributed by atoms with E-state index in [9.17, 15) is 4.79 Å². The van der Waals surface area contributed by atoms with Gasteiger partial charge in [0.1, 0.15) is 6.10 Å². The molecule has 0 radical (unpaired) electrons. The summed E-state index contributed by atoms with van der Waals surface area (Å²) >= 11 is 0. The number of carbonyl (C=O) groups excluding carboxylic acids is 1. The van der Waals surface area contributed by atoms with Crippen molar-refractivity contribution in [2.75, 3.05) is 0 Å². The van der Waals surface area contributed by atoms with Crippen LogP contribution in [0.3, 0.4) is 0 Å². The Morgan fingerprint density at radius 1 is 1.50 bits per heavy atom. The van der Waals surface area contributed by atoms with E-state index in [1.54, 1.807) is 0 Å². The van der Waals surface area contributed by atoms with Gasteiger partial charge in [0, 0.05) is 5.92 Å². The maximum atomic E-state index is 11.5. The average molecular weight is 168 g/mol.